The number of hydrogen-bond donors (Lipinski definition) is 2. The van der Waals surface area contributed by atoms with Gasteiger partial charge in [0, 0.05) is 23.2 Å². The number of aromatic nitrogens is 2. The summed E-state index contributed by atoms with van der Waals surface area (Å²) in [4.78, 5) is 16.3. The van der Waals surface area contributed by atoms with Crippen molar-refractivity contribution in [3.63, 3.8) is 0 Å². The molecule has 0 aliphatic heterocycles. The lowest BCUT2D eigenvalue weighted by atomic mass is 9.93. The van der Waals surface area contributed by atoms with Crippen LogP contribution in [0.15, 0.2) is 53.2 Å². The Hall–Kier alpha value is -3.55. The number of carbonyl (C=O) groups is 1. The molecular formula is C21H24N4O4. The zero-order valence-corrected chi connectivity index (χ0v) is 16.9. The molecule has 1 aromatic carbocycles. The Morgan fingerprint density at radius 2 is 1.79 bits per heavy atom. The number of carbonyl (C=O) groups excluding carboxylic acids is 1. The van der Waals surface area contributed by atoms with E-state index in [0.717, 1.165) is 0 Å². The molecule has 0 radical (unpaired) electrons. The Morgan fingerprint density at radius 3 is 2.38 bits per heavy atom. The molecule has 8 heteroatoms. The Bertz CT molecular complexity index is 944. The highest BCUT2D eigenvalue weighted by Gasteiger charge is 2.20. The molecule has 0 saturated heterocycles. The molecule has 2 amide bonds. The number of nitrogens with one attached hydrogen (secondary N) is 2. The molecule has 0 fully saturated rings. The van der Waals surface area contributed by atoms with Crippen molar-refractivity contribution < 1.29 is 18.8 Å². The maximum atomic E-state index is 12.1. The van der Waals surface area contributed by atoms with Gasteiger partial charge in [-0.3, -0.25) is 5.32 Å². The number of benzene rings is 1. The summed E-state index contributed by atoms with van der Waals surface area (Å²) in [5.41, 5.74) is 0.423. The fourth-order valence-corrected chi connectivity index (χ4v) is 2.37. The first kappa shape index (κ1) is 20.2. The maximum absolute atomic E-state index is 12.1. The van der Waals surface area contributed by atoms with E-state index in [9.17, 15) is 4.79 Å². The average Bonchev–Trinajstić information content (AvgIpc) is 3.14. The van der Waals surface area contributed by atoms with Crippen molar-refractivity contribution in [1.82, 2.24) is 10.1 Å². The van der Waals surface area contributed by atoms with Gasteiger partial charge >= 0.3 is 6.03 Å². The summed E-state index contributed by atoms with van der Waals surface area (Å²) < 4.78 is 16.3. The third-order valence-corrected chi connectivity index (χ3v) is 3.85. The maximum Gasteiger partial charge on any atom is 0.324 e. The fraction of sp³-hybridized carbons (Fsp3) is 0.286. The van der Waals surface area contributed by atoms with Crippen molar-refractivity contribution in [3.05, 3.63) is 54.4 Å². The number of anilines is 2. The number of amides is 2. The molecule has 0 unspecified atom stereocenters. The summed E-state index contributed by atoms with van der Waals surface area (Å²) in [5.74, 6) is 2.78. The van der Waals surface area contributed by atoms with Crippen molar-refractivity contribution in [2.45, 2.75) is 33.1 Å². The molecule has 3 aromatic rings. The number of ether oxygens (including phenoxy) is 2. The number of rotatable bonds is 6. The van der Waals surface area contributed by atoms with Crippen molar-refractivity contribution >= 4 is 17.5 Å². The summed E-state index contributed by atoms with van der Waals surface area (Å²) in [7, 11) is 0. The first-order valence-corrected chi connectivity index (χ1v) is 9.25. The summed E-state index contributed by atoms with van der Waals surface area (Å²) in [6.07, 6.45) is 1.61. The first-order valence-electron chi connectivity index (χ1n) is 9.25. The largest absolute Gasteiger partial charge is 0.492 e. The van der Waals surface area contributed by atoms with E-state index in [0.29, 0.717) is 41.3 Å². The van der Waals surface area contributed by atoms with E-state index in [4.69, 9.17) is 14.0 Å². The van der Waals surface area contributed by atoms with Gasteiger partial charge in [-0.1, -0.05) is 25.9 Å². The second kappa shape index (κ2) is 8.64. The van der Waals surface area contributed by atoms with Gasteiger partial charge < -0.3 is 19.3 Å². The van der Waals surface area contributed by atoms with E-state index in [1.165, 1.54) is 0 Å². The SMILES string of the molecule is CCOc1ccc(Oc2ccc(NC(=O)Nc3cc(C(C)(C)C)on3)cc2)nc1. The van der Waals surface area contributed by atoms with Crippen LogP contribution in [0.4, 0.5) is 16.3 Å². The highest BCUT2D eigenvalue weighted by molar-refractivity contribution is 5.99. The average molecular weight is 396 g/mol. The van der Waals surface area contributed by atoms with E-state index >= 15 is 0 Å². The van der Waals surface area contributed by atoms with Crippen molar-refractivity contribution in [1.29, 1.82) is 0 Å². The van der Waals surface area contributed by atoms with Gasteiger partial charge in [-0.15, -0.1) is 0 Å². The van der Waals surface area contributed by atoms with Gasteiger partial charge in [-0.2, -0.15) is 0 Å². The molecule has 0 saturated carbocycles. The van der Waals surface area contributed by atoms with Crippen LogP contribution in [0, 0.1) is 0 Å². The summed E-state index contributed by atoms with van der Waals surface area (Å²) >= 11 is 0. The zero-order valence-electron chi connectivity index (χ0n) is 16.9. The van der Waals surface area contributed by atoms with E-state index in [-0.39, 0.29) is 5.41 Å². The van der Waals surface area contributed by atoms with Gasteiger partial charge in [0.25, 0.3) is 0 Å². The van der Waals surface area contributed by atoms with E-state index in [1.807, 2.05) is 27.7 Å². The molecule has 0 spiro atoms. The second-order valence-electron chi connectivity index (χ2n) is 7.30. The summed E-state index contributed by atoms with van der Waals surface area (Å²) in [6, 6.07) is 11.7. The molecule has 152 valence electrons. The molecule has 2 N–H and O–H groups in total. The summed E-state index contributed by atoms with van der Waals surface area (Å²) in [6.45, 7) is 8.50. The van der Waals surface area contributed by atoms with Crippen molar-refractivity contribution in [2.24, 2.45) is 0 Å². The standard InChI is InChI=1S/C21H24N4O4/c1-5-27-16-10-11-19(22-13-16)28-15-8-6-14(7-9-15)23-20(26)24-18-12-17(29-25-18)21(2,3)4/h6-13H,5H2,1-4H3,(H2,23,24,25,26). The fourth-order valence-electron chi connectivity index (χ4n) is 2.37. The minimum Gasteiger partial charge on any atom is -0.492 e. The zero-order chi connectivity index (χ0) is 20.9. The molecule has 2 heterocycles. The highest BCUT2D eigenvalue weighted by atomic mass is 16.5. The lowest BCUT2D eigenvalue weighted by molar-refractivity contribution is 0.262. The number of pyridine rings is 1. The second-order valence-corrected chi connectivity index (χ2v) is 7.30. The Kier molecular flexibility index (Phi) is 6.01. The number of nitrogens with zero attached hydrogens (tertiary/aromatic N) is 2. The first-order chi connectivity index (χ1) is 13.8. The predicted octanol–water partition coefficient (Wildman–Crippen LogP) is 5.20. The van der Waals surface area contributed by atoms with E-state index < -0.39 is 6.03 Å². The van der Waals surface area contributed by atoms with Crippen LogP contribution in [0.1, 0.15) is 33.5 Å². The van der Waals surface area contributed by atoms with Crippen LogP contribution >= 0.6 is 0 Å². The van der Waals surface area contributed by atoms with Crippen LogP contribution in [0.2, 0.25) is 0 Å². The molecule has 3 rings (SSSR count). The Balaban J connectivity index is 1.54. The highest BCUT2D eigenvalue weighted by Crippen LogP contribution is 2.25. The van der Waals surface area contributed by atoms with Crippen LogP contribution in [-0.4, -0.2) is 22.8 Å². The lowest BCUT2D eigenvalue weighted by Crippen LogP contribution is -2.19. The van der Waals surface area contributed by atoms with Crippen LogP contribution in [0.25, 0.3) is 0 Å². The van der Waals surface area contributed by atoms with Gasteiger partial charge in [0.05, 0.1) is 12.8 Å². The van der Waals surface area contributed by atoms with Crippen molar-refractivity contribution in [3.8, 4) is 17.4 Å². The molecule has 8 nitrogen and oxygen atoms in total. The molecule has 29 heavy (non-hydrogen) atoms. The Labute approximate surface area is 169 Å². The lowest BCUT2D eigenvalue weighted by Gasteiger charge is -2.12. The van der Waals surface area contributed by atoms with Gasteiger partial charge in [0.2, 0.25) is 5.88 Å². The van der Waals surface area contributed by atoms with Crippen molar-refractivity contribution in [2.75, 3.05) is 17.2 Å². The van der Waals surface area contributed by atoms with Gasteiger partial charge in [-0.05, 0) is 37.3 Å². The molecule has 2 aromatic heterocycles. The molecule has 0 aliphatic rings. The third-order valence-electron chi connectivity index (χ3n) is 3.85. The smallest absolute Gasteiger partial charge is 0.324 e. The normalized spacial score (nSPS) is 11.0. The quantitative estimate of drug-likeness (QED) is 0.594. The minimum atomic E-state index is -0.416. The third kappa shape index (κ3) is 5.71. The number of hydrogen-bond acceptors (Lipinski definition) is 6. The molecule has 0 bridgehead atoms. The van der Waals surface area contributed by atoms with Crippen LogP contribution in [0.3, 0.4) is 0 Å². The number of urea groups is 1. The van der Waals surface area contributed by atoms with Gasteiger partial charge in [-0.25, -0.2) is 9.78 Å². The van der Waals surface area contributed by atoms with E-state index in [2.05, 4.69) is 20.8 Å². The van der Waals surface area contributed by atoms with Gasteiger partial charge in [0.1, 0.15) is 17.3 Å². The molecular weight excluding hydrogens is 372 g/mol. The monoisotopic (exact) mass is 396 g/mol. The molecule has 0 aliphatic carbocycles. The van der Waals surface area contributed by atoms with Crippen LogP contribution in [0.5, 0.6) is 17.4 Å². The van der Waals surface area contributed by atoms with Crippen LogP contribution in [-0.2, 0) is 5.41 Å². The predicted molar refractivity (Wildman–Crippen MR) is 110 cm³/mol. The van der Waals surface area contributed by atoms with Gasteiger partial charge in [0.15, 0.2) is 5.82 Å². The molecule has 0 atom stereocenters. The summed E-state index contributed by atoms with van der Waals surface area (Å²) in [5, 5.41) is 9.24. The van der Waals surface area contributed by atoms with E-state index in [1.54, 1.807) is 48.7 Å². The van der Waals surface area contributed by atoms with Crippen LogP contribution < -0.4 is 20.1 Å². The topological polar surface area (TPSA) is 98.5 Å². The minimum absolute atomic E-state index is 0.183. The Morgan fingerprint density at radius 1 is 1.07 bits per heavy atom.